The van der Waals surface area contributed by atoms with Gasteiger partial charge < -0.3 is 5.11 Å². The molecule has 0 spiro atoms. The molecule has 1 N–H and O–H groups in total. The molecular weight excluding hydrogens is 280 g/mol. The Morgan fingerprint density at radius 1 is 1.14 bits per heavy atom. The number of rotatable bonds is 3. The van der Waals surface area contributed by atoms with E-state index in [-0.39, 0.29) is 5.69 Å². The van der Waals surface area contributed by atoms with Crippen LogP contribution in [-0.2, 0) is 0 Å². The molecule has 6 nitrogen and oxygen atoms in total. The number of hydrogen-bond acceptors (Lipinski definition) is 4. The van der Waals surface area contributed by atoms with Crippen molar-refractivity contribution in [3.05, 3.63) is 59.8 Å². The van der Waals surface area contributed by atoms with E-state index in [1.165, 1.54) is 12.5 Å². The molecule has 0 fully saturated rings. The Labute approximate surface area is 127 Å². The first-order valence-corrected chi connectivity index (χ1v) is 6.73. The summed E-state index contributed by atoms with van der Waals surface area (Å²) in [5.41, 5.74) is 2.85. The Balaban J connectivity index is 2.05. The van der Waals surface area contributed by atoms with Crippen molar-refractivity contribution in [2.24, 2.45) is 0 Å². The SMILES string of the molecule is Cc1ccc(-c2nc(C)cc(-n3cnc(C(=O)O)c3)n2)cc1. The Morgan fingerprint density at radius 3 is 2.50 bits per heavy atom. The molecular formula is C16H14N4O2. The highest BCUT2D eigenvalue weighted by Gasteiger charge is 2.10. The standard InChI is InChI=1S/C16H14N4O2/c1-10-3-5-12(6-4-10)15-18-11(2)7-14(19-15)20-8-13(16(21)22)17-9-20/h3-9H,1-2H3,(H,21,22). The lowest BCUT2D eigenvalue weighted by Gasteiger charge is -2.06. The Hall–Kier alpha value is -3.02. The molecule has 0 unspecified atom stereocenters. The third-order valence-electron chi connectivity index (χ3n) is 3.22. The van der Waals surface area contributed by atoms with Gasteiger partial charge in [-0.3, -0.25) is 4.57 Å². The van der Waals surface area contributed by atoms with E-state index in [1.807, 2.05) is 38.1 Å². The van der Waals surface area contributed by atoms with Crippen molar-refractivity contribution in [1.82, 2.24) is 19.5 Å². The van der Waals surface area contributed by atoms with E-state index in [4.69, 9.17) is 5.11 Å². The van der Waals surface area contributed by atoms with Crippen LogP contribution in [0.3, 0.4) is 0 Å². The largest absolute Gasteiger partial charge is 0.476 e. The summed E-state index contributed by atoms with van der Waals surface area (Å²) in [4.78, 5) is 23.7. The molecule has 3 rings (SSSR count). The highest BCUT2D eigenvalue weighted by Crippen LogP contribution is 2.18. The first-order chi connectivity index (χ1) is 10.5. The van der Waals surface area contributed by atoms with Crippen LogP contribution in [0.4, 0.5) is 0 Å². The van der Waals surface area contributed by atoms with Crippen LogP contribution >= 0.6 is 0 Å². The molecule has 0 radical (unpaired) electrons. The number of carboxylic acids is 1. The fourth-order valence-electron chi connectivity index (χ4n) is 2.07. The first kappa shape index (κ1) is 13.9. The molecule has 2 aromatic heterocycles. The van der Waals surface area contributed by atoms with Gasteiger partial charge >= 0.3 is 5.97 Å². The molecule has 0 amide bonds. The maximum absolute atomic E-state index is 10.9. The van der Waals surface area contributed by atoms with Gasteiger partial charge in [0.05, 0.1) is 0 Å². The Morgan fingerprint density at radius 2 is 1.86 bits per heavy atom. The number of hydrogen-bond donors (Lipinski definition) is 1. The van der Waals surface area contributed by atoms with Crippen LogP contribution in [0.25, 0.3) is 17.2 Å². The highest BCUT2D eigenvalue weighted by molar-refractivity contribution is 5.85. The second-order valence-corrected chi connectivity index (χ2v) is 5.03. The first-order valence-electron chi connectivity index (χ1n) is 6.73. The molecule has 0 saturated heterocycles. The summed E-state index contributed by atoms with van der Waals surface area (Å²) >= 11 is 0. The minimum atomic E-state index is -1.07. The molecule has 22 heavy (non-hydrogen) atoms. The van der Waals surface area contributed by atoms with Crippen molar-refractivity contribution < 1.29 is 9.90 Å². The van der Waals surface area contributed by atoms with Gasteiger partial charge in [0.1, 0.15) is 12.1 Å². The van der Waals surface area contributed by atoms with Gasteiger partial charge in [-0.15, -0.1) is 0 Å². The van der Waals surface area contributed by atoms with Crippen molar-refractivity contribution in [3.8, 4) is 17.2 Å². The predicted molar refractivity (Wildman–Crippen MR) is 81.0 cm³/mol. The van der Waals surface area contributed by atoms with Crippen molar-refractivity contribution in [1.29, 1.82) is 0 Å². The third-order valence-corrected chi connectivity index (χ3v) is 3.22. The molecule has 0 aliphatic rings. The summed E-state index contributed by atoms with van der Waals surface area (Å²) in [6.45, 7) is 3.89. The van der Waals surface area contributed by atoms with E-state index in [1.54, 1.807) is 10.6 Å². The number of aromatic carboxylic acids is 1. The number of carbonyl (C=O) groups is 1. The zero-order chi connectivity index (χ0) is 15.7. The van der Waals surface area contributed by atoms with Crippen LogP contribution in [0.1, 0.15) is 21.7 Å². The van der Waals surface area contributed by atoms with E-state index in [0.29, 0.717) is 11.6 Å². The van der Waals surface area contributed by atoms with Crippen LogP contribution in [0, 0.1) is 13.8 Å². The predicted octanol–water partition coefficient (Wildman–Crippen LogP) is 2.64. The summed E-state index contributed by atoms with van der Waals surface area (Å²) in [6.07, 6.45) is 2.87. The van der Waals surface area contributed by atoms with Crippen molar-refractivity contribution >= 4 is 5.97 Å². The van der Waals surface area contributed by atoms with Gasteiger partial charge in [0.15, 0.2) is 11.5 Å². The average molecular weight is 294 g/mol. The molecule has 0 bridgehead atoms. The van der Waals surface area contributed by atoms with Gasteiger partial charge in [-0.25, -0.2) is 19.7 Å². The zero-order valence-corrected chi connectivity index (χ0v) is 12.2. The molecule has 110 valence electrons. The smallest absolute Gasteiger partial charge is 0.356 e. The molecule has 0 aliphatic heterocycles. The summed E-state index contributed by atoms with van der Waals surface area (Å²) in [5.74, 6) is 0.118. The minimum Gasteiger partial charge on any atom is -0.476 e. The minimum absolute atomic E-state index is 0.0202. The lowest BCUT2D eigenvalue weighted by molar-refractivity contribution is 0.0691. The molecule has 6 heteroatoms. The summed E-state index contributed by atoms with van der Waals surface area (Å²) < 4.78 is 1.58. The fourth-order valence-corrected chi connectivity index (χ4v) is 2.07. The third kappa shape index (κ3) is 2.71. The number of nitrogens with zero attached hydrogens (tertiary/aromatic N) is 4. The van der Waals surface area contributed by atoms with Gasteiger partial charge in [-0.1, -0.05) is 29.8 Å². The normalized spacial score (nSPS) is 10.6. The van der Waals surface area contributed by atoms with Gasteiger partial charge in [0.25, 0.3) is 0 Å². The topological polar surface area (TPSA) is 80.9 Å². The van der Waals surface area contributed by atoms with Gasteiger partial charge in [-0.05, 0) is 13.8 Å². The van der Waals surface area contributed by atoms with Crippen molar-refractivity contribution in [2.75, 3.05) is 0 Å². The van der Waals surface area contributed by atoms with E-state index in [0.717, 1.165) is 16.8 Å². The summed E-state index contributed by atoms with van der Waals surface area (Å²) in [7, 11) is 0. The summed E-state index contributed by atoms with van der Waals surface area (Å²) in [6, 6.07) is 9.71. The highest BCUT2D eigenvalue weighted by atomic mass is 16.4. The van der Waals surface area contributed by atoms with Crippen LogP contribution in [0.5, 0.6) is 0 Å². The number of aromatic nitrogens is 4. The number of imidazole rings is 1. The zero-order valence-electron chi connectivity index (χ0n) is 12.2. The Bertz CT molecular complexity index is 838. The van der Waals surface area contributed by atoms with Gasteiger partial charge in [0, 0.05) is 23.5 Å². The molecule has 0 atom stereocenters. The maximum Gasteiger partial charge on any atom is 0.356 e. The van der Waals surface area contributed by atoms with Crippen molar-refractivity contribution in [3.63, 3.8) is 0 Å². The number of benzene rings is 1. The Kier molecular flexibility index (Phi) is 3.42. The lowest BCUT2D eigenvalue weighted by Crippen LogP contribution is -2.01. The van der Waals surface area contributed by atoms with Gasteiger partial charge in [-0.2, -0.15) is 0 Å². The van der Waals surface area contributed by atoms with Gasteiger partial charge in [0.2, 0.25) is 0 Å². The quantitative estimate of drug-likeness (QED) is 0.803. The van der Waals surface area contributed by atoms with Crippen molar-refractivity contribution in [2.45, 2.75) is 13.8 Å². The molecule has 1 aromatic carbocycles. The average Bonchev–Trinajstić information content (AvgIpc) is 2.97. The monoisotopic (exact) mass is 294 g/mol. The van der Waals surface area contributed by atoms with Crippen LogP contribution in [0.2, 0.25) is 0 Å². The second kappa shape index (κ2) is 5.40. The molecule has 0 saturated carbocycles. The summed E-state index contributed by atoms with van der Waals surface area (Å²) in [5, 5.41) is 8.95. The maximum atomic E-state index is 10.9. The van der Waals surface area contributed by atoms with E-state index < -0.39 is 5.97 Å². The molecule has 0 aliphatic carbocycles. The second-order valence-electron chi connectivity index (χ2n) is 5.03. The number of aryl methyl sites for hydroxylation is 2. The van der Waals surface area contributed by atoms with Crippen LogP contribution in [0.15, 0.2) is 42.9 Å². The molecule has 2 heterocycles. The van der Waals surface area contributed by atoms with E-state index >= 15 is 0 Å². The van der Waals surface area contributed by atoms with Crippen LogP contribution < -0.4 is 0 Å². The van der Waals surface area contributed by atoms with E-state index in [9.17, 15) is 4.79 Å². The van der Waals surface area contributed by atoms with E-state index in [2.05, 4.69) is 15.0 Å². The lowest BCUT2D eigenvalue weighted by atomic mass is 10.1. The molecule has 3 aromatic rings. The van der Waals surface area contributed by atoms with Crippen LogP contribution in [-0.4, -0.2) is 30.6 Å². The fraction of sp³-hybridized carbons (Fsp3) is 0.125. The number of carboxylic acid groups (broad SMARTS) is 1.